The molecule has 94 valence electrons. The number of hydrogen-bond acceptors (Lipinski definition) is 1. The Balaban J connectivity index is 2.19. The summed E-state index contributed by atoms with van der Waals surface area (Å²) in [5.74, 6) is -0.0132. The Kier molecular flexibility index (Phi) is 4.78. The molecule has 2 nitrogen and oxygen atoms in total. The van der Waals surface area contributed by atoms with Crippen LogP contribution >= 0.6 is 31.9 Å². The van der Waals surface area contributed by atoms with Crippen molar-refractivity contribution in [1.29, 1.82) is 0 Å². The predicted octanol–water partition coefficient (Wildman–Crippen LogP) is 4.12. The van der Waals surface area contributed by atoms with Gasteiger partial charge in [-0.15, -0.1) is 0 Å². The van der Waals surface area contributed by atoms with Gasteiger partial charge in [-0.3, -0.25) is 4.79 Å². The van der Waals surface area contributed by atoms with Gasteiger partial charge in [0.2, 0.25) is 0 Å². The summed E-state index contributed by atoms with van der Waals surface area (Å²) in [6, 6.07) is 11.8. The van der Waals surface area contributed by atoms with Crippen LogP contribution in [0.5, 0.6) is 0 Å². The van der Waals surface area contributed by atoms with Crippen LogP contribution in [-0.4, -0.2) is 17.8 Å². The summed E-state index contributed by atoms with van der Waals surface area (Å²) in [6.45, 7) is 0.697. The highest BCUT2D eigenvalue weighted by Crippen LogP contribution is 2.20. The van der Waals surface area contributed by atoms with Crippen molar-refractivity contribution in [3.05, 3.63) is 46.4 Å². The summed E-state index contributed by atoms with van der Waals surface area (Å²) in [4.78, 5) is 11.9. The van der Waals surface area contributed by atoms with Crippen LogP contribution in [0.4, 0.5) is 0 Å². The molecule has 2 aromatic carbocycles. The maximum Gasteiger partial charge on any atom is 0.251 e. The van der Waals surface area contributed by atoms with Crippen LogP contribution in [-0.2, 0) is 0 Å². The summed E-state index contributed by atoms with van der Waals surface area (Å²) in [7, 11) is 0. The minimum atomic E-state index is -0.0132. The number of carbonyl (C=O) groups is 1. The fourth-order valence-electron chi connectivity index (χ4n) is 1.73. The maximum absolute atomic E-state index is 11.9. The van der Waals surface area contributed by atoms with Gasteiger partial charge in [0.1, 0.15) is 0 Å². The molecule has 4 heteroatoms. The largest absolute Gasteiger partial charge is 0.352 e. The summed E-state index contributed by atoms with van der Waals surface area (Å²) >= 11 is 6.78. The first-order valence-electron chi connectivity index (χ1n) is 5.74. The van der Waals surface area contributed by atoms with Crippen LogP contribution < -0.4 is 5.32 Å². The lowest BCUT2D eigenvalue weighted by Crippen LogP contribution is -2.24. The predicted molar refractivity (Wildman–Crippen MR) is 82.4 cm³/mol. The number of fused-ring (bicyclic) bond motifs is 1. The zero-order valence-electron chi connectivity index (χ0n) is 9.75. The average molecular weight is 371 g/mol. The number of carbonyl (C=O) groups excluding carboxylic acids is 1. The highest BCUT2D eigenvalue weighted by Gasteiger charge is 2.05. The molecule has 0 spiro atoms. The molecule has 0 unspecified atom stereocenters. The second kappa shape index (κ2) is 6.34. The topological polar surface area (TPSA) is 29.1 Å². The molecule has 2 aromatic rings. The lowest BCUT2D eigenvalue weighted by molar-refractivity contribution is 0.0954. The van der Waals surface area contributed by atoms with E-state index in [9.17, 15) is 4.79 Å². The van der Waals surface area contributed by atoms with E-state index < -0.39 is 0 Å². The highest BCUT2D eigenvalue weighted by atomic mass is 79.9. The van der Waals surface area contributed by atoms with E-state index in [1.807, 2.05) is 36.4 Å². The van der Waals surface area contributed by atoms with E-state index in [-0.39, 0.29) is 5.91 Å². The standard InChI is InChI=1S/C14H13Br2NO/c15-6-1-7-17-14(18)12-3-2-11-9-13(16)5-4-10(11)8-12/h2-5,8-9H,1,6-7H2,(H,17,18). The molecule has 0 aliphatic rings. The van der Waals surface area contributed by atoms with Gasteiger partial charge in [0.25, 0.3) is 5.91 Å². The SMILES string of the molecule is O=C(NCCCBr)c1ccc2cc(Br)ccc2c1. The van der Waals surface area contributed by atoms with E-state index in [4.69, 9.17) is 0 Å². The van der Waals surface area contributed by atoms with Crippen molar-refractivity contribution in [2.45, 2.75) is 6.42 Å². The van der Waals surface area contributed by atoms with Gasteiger partial charge in [-0.05, 0) is 41.5 Å². The number of amides is 1. The molecule has 0 bridgehead atoms. The first-order valence-corrected chi connectivity index (χ1v) is 7.65. The molecule has 1 N–H and O–H groups in total. The smallest absolute Gasteiger partial charge is 0.251 e. The van der Waals surface area contributed by atoms with Crippen molar-refractivity contribution in [2.75, 3.05) is 11.9 Å². The van der Waals surface area contributed by atoms with Crippen molar-refractivity contribution in [1.82, 2.24) is 5.32 Å². The molecular weight excluding hydrogens is 358 g/mol. The molecule has 0 aliphatic heterocycles. The van der Waals surface area contributed by atoms with E-state index in [1.165, 1.54) is 0 Å². The van der Waals surface area contributed by atoms with Crippen LogP contribution in [0.3, 0.4) is 0 Å². The summed E-state index contributed by atoms with van der Waals surface area (Å²) in [5, 5.41) is 6.00. The number of alkyl halides is 1. The fourth-order valence-corrected chi connectivity index (χ4v) is 2.39. The lowest BCUT2D eigenvalue weighted by atomic mass is 10.1. The number of halogens is 2. The molecule has 2 rings (SSSR count). The third-order valence-corrected chi connectivity index (χ3v) is 3.71. The molecule has 1 amide bonds. The molecule has 0 atom stereocenters. The van der Waals surface area contributed by atoms with Gasteiger partial charge in [0.05, 0.1) is 0 Å². The number of rotatable bonds is 4. The van der Waals surface area contributed by atoms with Gasteiger partial charge in [-0.25, -0.2) is 0 Å². The molecule has 0 fully saturated rings. The van der Waals surface area contributed by atoms with E-state index in [0.29, 0.717) is 12.1 Å². The van der Waals surface area contributed by atoms with Crippen LogP contribution in [0.25, 0.3) is 10.8 Å². The fraction of sp³-hybridized carbons (Fsp3) is 0.214. The van der Waals surface area contributed by atoms with Crippen molar-refractivity contribution < 1.29 is 4.79 Å². The Morgan fingerprint density at radius 3 is 2.61 bits per heavy atom. The summed E-state index contributed by atoms with van der Waals surface area (Å²) in [5.41, 5.74) is 0.708. The molecule has 0 aliphatic carbocycles. The molecule has 0 saturated heterocycles. The van der Waals surface area contributed by atoms with Gasteiger partial charge in [0, 0.05) is 21.9 Å². The Bertz CT molecular complexity index is 569. The lowest BCUT2D eigenvalue weighted by Gasteiger charge is -2.05. The van der Waals surface area contributed by atoms with Gasteiger partial charge in [-0.2, -0.15) is 0 Å². The van der Waals surface area contributed by atoms with Crippen molar-refractivity contribution >= 4 is 48.5 Å². The van der Waals surface area contributed by atoms with Crippen LogP contribution in [0.2, 0.25) is 0 Å². The average Bonchev–Trinajstić information content (AvgIpc) is 2.38. The van der Waals surface area contributed by atoms with Crippen LogP contribution in [0, 0.1) is 0 Å². The van der Waals surface area contributed by atoms with Gasteiger partial charge < -0.3 is 5.32 Å². The van der Waals surface area contributed by atoms with Gasteiger partial charge in [0.15, 0.2) is 0 Å². The molecule has 18 heavy (non-hydrogen) atoms. The van der Waals surface area contributed by atoms with E-state index >= 15 is 0 Å². The second-order valence-corrected chi connectivity index (χ2v) is 5.71. The number of benzene rings is 2. The van der Waals surface area contributed by atoms with Gasteiger partial charge >= 0.3 is 0 Å². The summed E-state index contributed by atoms with van der Waals surface area (Å²) < 4.78 is 1.05. The first-order chi connectivity index (χ1) is 8.70. The first kappa shape index (κ1) is 13.6. The normalized spacial score (nSPS) is 10.6. The Morgan fingerprint density at radius 2 is 1.83 bits per heavy atom. The molecule has 0 heterocycles. The van der Waals surface area contributed by atoms with Crippen LogP contribution in [0.15, 0.2) is 40.9 Å². The van der Waals surface area contributed by atoms with Crippen molar-refractivity contribution in [3.8, 4) is 0 Å². The Labute approximate surface area is 123 Å². The summed E-state index contributed by atoms with van der Waals surface area (Å²) in [6.07, 6.45) is 0.937. The third kappa shape index (κ3) is 3.33. The number of hydrogen-bond donors (Lipinski definition) is 1. The second-order valence-electron chi connectivity index (χ2n) is 4.00. The number of nitrogens with one attached hydrogen (secondary N) is 1. The van der Waals surface area contributed by atoms with Crippen molar-refractivity contribution in [3.63, 3.8) is 0 Å². The minimum Gasteiger partial charge on any atom is -0.352 e. The van der Waals surface area contributed by atoms with Crippen molar-refractivity contribution in [2.24, 2.45) is 0 Å². The monoisotopic (exact) mass is 369 g/mol. The Morgan fingerprint density at radius 1 is 1.11 bits per heavy atom. The zero-order valence-corrected chi connectivity index (χ0v) is 12.9. The van der Waals surface area contributed by atoms with Crippen LogP contribution in [0.1, 0.15) is 16.8 Å². The van der Waals surface area contributed by atoms with E-state index in [0.717, 1.165) is 27.0 Å². The molecule has 0 saturated carbocycles. The minimum absolute atomic E-state index is 0.0132. The molecule has 0 aromatic heterocycles. The van der Waals surface area contributed by atoms with Gasteiger partial charge in [-0.1, -0.05) is 44.0 Å². The van der Waals surface area contributed by atoms with E-state index in [1.54, 1.807) is 0 Å². The Hall–Kier alpha value is -0.870. The third-order valence-electron chi connectivity index (χ3n) is 2.66. The molecule has 0 radical (unpaired) electrons. The maximum atomic E-state index is 11.9. The highest BCUT2D eigenvalue weighted by molar-refractivity contribution is 9.10. The zero-order chi connectivity index (χ0) is 13.0. The van der Waals surface area contributed by atoms with E-state index in [2.05, 4.69) is 37.2 Å². The molecular formula is C14H13Br2NO. The quantitative estimate of drug-likeness (QED) is 0.636.